The summed E-state index contributed by atoms with van der Waals surface area (Å²) in [6, 6.07) is 8.76. The molecule has 1 fully saturated rings. The van der Waals surface area contributed by atoms with Crippen LogP contribution in [0.25, 0.3) is 11.0 Å². The summed E-state index contributed by atoms with van der Waals surface area (Å²) in [5.41, 5.74) is 2.15. The normalized spacial score (nSPS) is 20.2. The van der Waals surface area contributed by atoms with Gasteiger partial charge in [0.2, 0.25) is 0 Å². The van der Waals surface area contributed by atoms with Crippen molar-refractivity contribution in [1.82, 2.24) is 20.6 Å². The number of nitrogens with zero attached hydrogens (tertiary/aromatic N) is 2. The second kappa shape index (κ2) is 8.52. The molecule has 2 aromatic rings. The summed E-state index contributed by atoms with van der Waals surface area (Å²) in [5.74, 6) is 2.77. The number of hydrogen-bond acceptors (Lipinski definition) is 2. The Bertz CT molecular complexity index is 618. The lowest BCUT2D eigenvalue weighted by Gasteiger charge is -2.10. The Morgan fingerprint density at radius 3 is 2.87 bits per heavy atom. The third-order valence-electron chi connectivity index (χ3n) is 4.06. The van der Waals surface area contributed by atoms with Crippen LogP contribution in [0, 0.1) is 5.92 Å². The summed E-state index contributed by atoms with van der Waals surface area (Å²) in [6.07, 6.45) is 3.18. The van der Waals surface area contributed by atoms with Gasteiger partial charge in [0.05, 0.1) is 11.0 Å². The van der Waals surface area contributed by atoms with Crippen molar-refractivity contribution in [3.63, 3.8) is 0 Å². The lowest BCUT2D eigenvalue weighted by Crippen LogP contribution is -2.39. The van der Waals surface area contributed by atoms with Gasteiger partial charge in [0.25, 0.3) is 0 Å². The van der Waals surface area contributed by atoms with Crippen LogP contribution in [0.3, 0.4) is 0 Å². The van der Waals surface area contributed by atoms with Gasteiger partial charge >= 0.3 is 0 Å². The van der Waals surface area contributed by atoms with E-state index in [-0.39, 0.29) is 24.0 Å². The molecule has 23 heavy (non-hydrogen) atoms. The Balaban J connectivity index is 0.00000192. The first-order valence-corrected chi connectivity index (χ1v) is 8.24. The number of aliphatic imine (C=N–C) groups is 1. The molecule has 0 bridgehead atoms. The van der Waals surface area contributed by atoms with Gasteiger partial charge in [-0.05, 0) is 37.8 Å². The molecule has 0 saturated heterocycles. The van der Waals surface area contributed by atoms with Crippen molar-refractivity contribution in [2.45, 2.75) is 39.2 Å². The number of hydrogen-bond donors (Lipinski definition) is 3. The van der Waals surface area contributed by atoms with Gasteiger partial charge in [0.15, 0.2) is 5.96 Å². The highest BCUT2D eigenvalue weighted by atomic mass is 127. The number of halogens is 1. The molecule has 1 heterocycles. The minimum Gasteiger partial charge on any atom is -0.357 e. The van der Waals surface area contributed by atoms with Gasteiger partial charge in [-0.2, -0.15) is 0 Å². The highest BCUT2D eigenvalue weighted by molar-refractivity contribution is 14.0. The summed E-state index contributed by atoms with van der Waals surface area (Å²) < 4.78 is 0. The van der Waals surface area contributed by atoms with Crippen molar-refractivity contribution in [2.24, 2.45) is 10.9 Å². The van der Waals surface area contributed by atoms with Gasteiger partial charge in [-0.15, -0.1) is 24.0 Å². The van der Waals surface area contributed by atoms with Gasteiger partial charge in [0, 0.05) is 25.6 Å². The Hall–Kier alpha value is -1.31. The minimum absolute atomic E-state index is 0. The first kappa shape index (κ1) is 18.0. The lowest BCUT2D eigenvalue weighted by atomic mass is 10.3. The highest BCUT2D eigenvalue weighted by Gasteiger charge is 2.33. The topological polar surface area (TPSA) is 65.1 Å². The molecule has 0 spiro atoms. The summed E-state index contributed by atoms with van der Waals surface area (Å²) in [6.45, 7) is 6.08. The second-order valence-corrected chi connectivity index (χ2v) is 6.03. The molecule has 1 saturated carbocycles. The molecule has 0 radical (unpaired) electrons. The first-order chi connectivity index (χ1) is 10.8. The molecular weight excluding hydrogens is 401 g/mol. The molecule has 5 nitrogen and oxygen atoms in total. The first-order valence-electron chi connectivity index (χ1n) is 8.24. The lowest BCUT2D eigenvalue weighted by molar-refractivity contribution is 0.747. The maximum Gasteiger partial charge on any atom is 0.191 e. The van der Waals surface area contributed by atoms with Crippen molar-refractivity contribution in [3.05, 3.63) is 30.1 Å². The summed E-state index contributed by atoms with van der Waals surface area (Å²) in [7, 11) is 0. The molecule has 1 aliphatic rings. The van der Waals surface area contributed by atoms with Gasteiger partial charge in [-0.1, -0.05) is 19.1 Å². The van der Waals surface area contributed by atoms with E-state index in [0.29, 0.717) is 6.04 Å². The number of aromatic nitrogens is 2. The maximum atomic E-state index is 4.65. The standard InChI is InChI=1S/C17H25N5.HI/c1-3-18-17(22-15-11-12(15)2)19-10-6-9-16-20-13-7-4-5-8-14(13)21-16;/h4-5,7-8,12,15H,3,6,9-11H2,1-2H3,(H,20,21)(H2,18,19,22);1H. The molecule has 3 rings (SSSR count). The molecule has 3 N–H and O–H groups in total. The van der Waals surface area contributed by atoms with E-state index in [0.717, 1.165) is 54.7 Å². The molecule has 2 atom stereocenters. The largest absolute Gasteiger partial charge is 0.357 e. The van der Waals surface area contributed by atoms with E-state index in [1.165, 1.54) is 6.42 Å². The number of imidazole rings is 1. The van der Waals surface area contributed by atoms with E-state index in [2.05, 4.69) is 45.5 Å². The van der Waals surface area contributed by atoms with Crippen molar-refractivity contribution >= 4 is 41.0 Å². The predicted octanol–water partition coefficient (Wildman–Crippen LogP) is 3.08. The fourth-order valence-electron chi connectivity index (χ4n) is 2.58. The van der Waals surface area contributed by atoms with Gasteiger partial charge < -0.3 is 15.6 Å². The van der Waals surface area contributed by atoms with Crippen molar-refractivity contribution in [3.8, 4) is 0 Å². The van der Waals surface area contributed by atoms with Crippen molar-refractivity contribution in [1.29, 1.82) is 0 Å². The van der Waals surface area contributed by atoms with Crippen LogP contribution in [0.1, 0.15) is 32.5 Å². The molecule has 2 unspecified atom stereocenters. The SMILES string of the molecule is CCNC(=NCCCc1nc2ccccc2[nH]1)NC1CC1C.I. The third kappa shape index (κ3) is 5.09. The molecule has 1 aromatic carbocycles. The zero-order chi connectivity index (χ0) is 15.4. The van der Waals surface area contributed by atoms with Crippen LogP contribution in [0.4, 0.5) is 0 Å². The van der Waals surface area contributed by atoms with E-state index < -0.39 is 0 Å². The van der Waals surface area contributed by atoms with Crippen molar-refractivity contribution < 1.29 is 0 Å². The summed E-state index contributed by atoms with van der Waals surface area (Å²) in [4.78, 5) is 12.6. The second-order valence-electron chi connectivity index (χ2n) is 6.03. The monoisotopic (exact) mass is 427 g/mol. The number of rotatable bonds is 6. The van der Waals surface area contributed by atoms with Crippen LogP contribution < -0.4 is 10.6 Å². The zero-order valence-electron chi connectivity index (χ0n) is 13.8. The van der Waals surface area contributed by atoms with E-state index in [9.17, 15) is 0 Å². The summed E-state index contributed by atoms with van der Waals surface area (Å²) >= 11 is 0. The van der Waals surface area contributed by atoms with Crippen LogP contribution in [0.2, 0.25) is 0 Å². The molecule has 1 aromatic heterocycles. The summed E-state index contributed by atoms with van der Waals surface area (Å²) in [5, 5.41) is 6.79. The third-order valence-corrected chi connectivity index (χ3v) is 4.06. The van der Waals surface area contributed by atoms with E-state index in [1.54, 1.807) is 0 Å². The van der Waals surface area contributed by atoms with Gasteiger partial charge in [0.1, 0.15) is 5.82 Å². The average molecular weight is 427 g/mol. The number of aromatic amines is 1. The molecule has 0 amide bonds. The van der Waals surface area contributed by atoms with Crippen LogP contribution in [-0.4, -0.2) is 35.1 Å². The van der Waals surface area contributed by atoms with E-state index in [4.69, 9.17) is 0 Å². The molecule has 1 aliphatic carbocycles. The van der Waals surface area contributed by atoms with Crippen molar-refractivity contribution in [2.75, 3.05) is 13.1 Å². The molecule has 6 heteroatoms. The number of nitrogens with one attached hydrogen (secondary N) is 3. The number of guanidine groups is 1. The quantitative estimate of drug-likeness (QED) is 0.287. The fraction of sp³-hybridized carbons (Fsp3) is 0.529. The highest BCUT2D eigenvalue weighted by Crippen LogP contribution is 2.28. The van der Waals surface area contributed by atoms with Crippen LogP contribution in [-0.2, 0) is 6.42 Å². The van der Waals surface area contributed by atoms with Gasteiger partial charge in [-0.25, -0.2) is 4.98 Å². The number of H-pyrrole nitrogens is 1. The van der Waals surface area contributed by atoms with Crippen LogP contribution in [0.15, 0.2) is 29.3 Å². The molecular formula is C17H26IN5. The fourth-order valence-corrected chi connectivity index (χ4v) is 2.58. The van der Waals surface area contributed by atoms with Gasteiger partial charge in [-0.3, -0.25) is 4.99 Å². The predicted molar refractivity (Wildman–Crippen MR) is 107 cm³/mol. The average Bonchev–Trinajstić information content (AvgIpc) is 3.05. The molecule has 126 valence electrons. The Morgan fingerprint density at radius 2 is 2.17 bits per heavy atom. The number of aryl methyl sites for hydroxylation is 1. The zero-order valence-corrected chi connectivity index (χ0v) is 16.1. The number of para-hydroxylation sites is 2. The number of fused-ring (bicyclic) bond motifs is 1. The molecule has 0 aliphatic heterocycles. The van der Waals surface area contributed by atoms with Crippen LogP contribution >= 0.6 is 24.0 Å². The van der Waals surface area contributed by atoms with Crippen LogP contribution in [0.5, 0.6) is 0 Å². The Morgan fingerprint density at radius 1 is 1.39 bits per heavy atom. The Labute approximate surface area is 154 Å². The van der Waals surface area contributed by atoms with E-state index in [1.807, 2.05) is 18.2 Å². The number of benzene rings is 1. The maximum absolute atomic E-state index is 4.65. The Kier molecular flexibility index (Phi) is 6.68. The van der Waals surface area contributed by atoms with E-state index >= 15 is 0 Å². The minimum atomic E-state index is 0. The smallest absolute Gasteiger partial charge is 0.191 e.